The number of fused-ring (bicyclic) bond motifs is 1. The second kappa shape index (κ2) is 4.34. The predicted octanol–water partition coefficient (Wildman–Crippen LogP) is 2.94. The summed E-state index contributed by atoms with van der Waals surface area (Å²) in [5.74, 6) is 0.573. The van der Waals surface area contributed by atoms with E-state index < -0.39 is 5.60 Å². The van der Waals surface area contributed by atoms with Gasteiger partial charge in [-0.15, -0.1) is 0 Å². The lowest BCUT2D eigenvalue weighted by Crippen LogP contribution is -2.22. The molecule has 1 aromatic carbocycles. The van der Waals surface area contributed by atoms with E-state index in [9.17, 15) is 5.11 Å². The molecule has 1 N–H and O–H groups in total. The molecule has 0 saturated heterocycles. The second-order valence-corrected chi connectivity index (χ2v) is 5.78. The molecule has 0 aliphatic carbocycles. The van der Waals surface area contributed by atoms with E-state index >= 15 is 0 Å². The van der Waals surface area contributed by atoms with E-state index in [2.05, 4.69) is 36.9 Å². The van der Waals surface area contributed by atoms with E-state index in [4.69, 9.17) is 0 Å². The summed E-state index contributed by atoms with van der Waals surface area (Å²) in [6.07, 6.45) is 0.734. The minimum absolute atomic E-state index is 0.573. The molecule has 0 amide bonds. The van der Waals surface area contributed by atoms with Crippen molar-refractivity contribution < 1.29 is 5.11 Å². The number of nitrogens with zero attached hydrogens (tertiary/aromatic N) is 1. The maximum atomic E-state index is 10.00. The molecule has 0 fully saturated rings. The predicted molar refractivity (Wildman–Crippen MR) is 72.7 cm³/mol. The van der Waals surface area contributed by atoms with Crippen LogP contribution in [0.4, 0.5) is 5.69 Å². The van der Waals surface area contributed by atoms with Crippen molar-refractivity contribution in [3.8, 4) is 0 Å². The molecule has 1 aromatic rings. The number of anilines is 1. The minimum Gasteiger partial charge on any atom is -0.390 e. The van der Waals surface area contributed by atoms with Crippen molar-refractivity contribution in [1.29, 1.82) is 0 Å². The first-order valence-electron chi connectivity index (χ1n) is 6.51. The number of likely N-dealkylation sites (N-methyl/N-ethyl adjacent to an activating group) is 1. The van der Waals surface area contributed by atoms with Crippen molar-refractivity contribution in [2.45, 2.75) is 45.6 Å². The number of benzene rings is 1. The SMILES string of the molecule is CCN1CC(C)c2c(CC(C)(C)O)cccc21. The van der Waals surface area contributed by atoms with Gasteiger partial charge in [-0.2, -0.15) is 0 Å². The number of rotatable bonds is 3. The van der Waals surface area contributed by atoms with Gasteiger partial charge in [0.2, 0.25) is 0 Å². The van der Waals surface area contributed by atoms with Crippen LogP contribution in [0.25, 0.3) is 0 Å². The standard InChI is InChI=1S/C15H23NO/c1-5-16-10-11(2)14-12(9-15(3,4)17)7-6-8-13(14)16/h6-8,11,17H,5,9-10H2,1-4H3. The Bertz CT molecular complexity index is 406. The number of aliphatic hydroxyl groups is 1. The molecule has 2 heteroatoms. The van der Waals surface area contributed by atoms with E-state index in [0.29, 0.717) is 5.92 Å². The Kier molecular flexibility index (Phi) is 3.17. The Morgan fingerprint density at radius 1 is 1.41 bits per heavy atom. The molecule has 0 bridgehead atoms. The van der Waals surface area contributed by atoms with Crippen molar-refractivity contribution in [2.75, 3.05) is 18.0 Å². The molecule has 2 rings (SSSR count). The first kappa shape index (κ1) is 12.4. The van der Waals surface area contributed by atoms with Gasteiger partial charge >= 0.3 is 0 Å². The summed E-state index contributed by atoms with van der Waals surface area (Å²) in [4.78, 5) is 2.42. The molecular formula is C15H23NO. The van der Waals surface area contributed by atoms with E-state index in [1.807, 2.05) is 13.8 Å². The van der Waals surface area contributed by atoms with Crippen LogP contribution in [-0.2, 0) is 6.42 Å². The lowest BCUT2D eigenvalue weighted by Gasteiger charge is -2.21. The van der Waals surface area contributed by atoms with Crippen LogP contribution in [0, 0.1) is 0 Å². The third-order valence-corrected chi connectivity index (χ3v) is 3.51. The van der Waals surface area contributed by atoms with Gasteiger partial charge in [-0.05, 0) is 38.0 Å². The Morgan fingerprint density at radius 3 is 2.71 bits per heavy atom. The van der Waals surface area contributed by atoms with Crippen LogP contribution in [0.2, 0.25) is 0 Å². The quantitative estimate of drug-likeness (QED) is 0.867. The molecule has 0 spiro atoms. The average Bonchev–Trinajstić information content (AvgIpc) is 2.54. The third kappa shape index (κ3) is 2.47. The summed E-state index contributed by atoms with van der Waals surface area (Å²) < 4.78 is 0. The first-order valence-corrected chi connectivity index (χ1v) is 6.51. The fourth-order valence-corrected chi connectivity index (χ4v) is 2.88. The van der Waals surface area contributed by atoms with Crippen LogP contribution in [0.5, 0.6) is 0 Å². The molecule has 0 radical (unpaired) electrons. The largest absolute Gasteiger partial charge is 0.390 e. The van der Waals surface area contributed by atoms with Crippen molar-refractivity contribution >= 4 is 5.69 Å². The van der Waals surface area contributed by atoms with Crippen LogP contribution in [0.3, 0.4) is 0 Å². The van der Waals surface area contributed by atoms with Crippen LogP contribution in [0.15, 0.2) is 18.2 Å². The average molecular weight is 233 g/mol. The van der Waals surface area contributed by atoms with Gasteiger partial charge in [0, 0.05) is 31.1 Å². The van der Waals surface area contributed by atoms with Gasteiger partial charge in [-0.1, -0.05) is 19.1 Å². The zero-order chi connectivity index (χ0) is 12.6. The fraction of sp³-hybridized carbons (Fsp3) is 0.600. The molecular weight excluding hydrogens is 210 g/mol. The highest BCUT2D eigenvalue weighted by atomic mass is 16.3. The topological polar surface area (TPSA) is 23.5 Å². The summed E-state index contributed by atoms with van der Waals surface area (Å²) in [6, 6.07) is 6.48. The van der Waals surface area contributed by atoms with Gasteiger partial charge in [-0.25, -0.2) is 0 Å². The lowest BCUT2D eigenvalue weighted by atomic mass is 9.90. The summed E-state index contributed by atoms with van der Waals surface area (Å²) in [5, 5.41) is 10.00. The van der Waals surface area contributed by atoms with Gasteiger partial charge in [0.1, 0.15) is 0 Å². The normalized spacial score (nSPS) is 19.6. The maximum absolute atomic E-state index is 10.00. The fourth-order valence-electron chi connectivity index (χ4n) is 2.88. The molecule has 1 aliphatic rings. The number of hydrogen-bond donors (Lipinski definition) is 1. The minimum atomic E-state index is -0.630. The zero-order valence-electron chi connectivity index (χ0n) is 11.3. The molecule has 0 saturated carbocycles. The Morgan fingerprint density at radius 2 is 2.12 bits per heavy atom. The smallest absolute Gasteiger partial charge is 0.0632 e. The van der Waals surface area contributed by atoms with Gasteiger partial charge in [-0.3, -0.25) is 0 Å². The van der Waals surface area contributed by atoms with Crippen LogP contribution >= 0.6 is 0 Å². The third-order valence-electron chi connectivity index (χ3n) is 3.51. The lowest BCUT2D eigenvalue weighted by molar-refractivity contribution is 0.0807. The van der Waals surface area contributed by atoms with Gasteiger partial charge < -0.3 is 10.0 Å². The Hall–Kier alpha value is -1.02. The van der Waals surface area contributed by atoms with E-state index in [-0.39, 0.29) is 0 Å². The highest BCUT2D eigenvalue weighted by Crippen LogP contribution is 2.39. The van der Waals surface area contributed by atoms with Gasteiger partial charge in [0.15, 0.2) is 0 Å². The Labute approximate surface area is 104 Å². The van der Waals surface area contributed by atoms with Crippen molar-refractivity contribution in [3.63, 3.8) is 0 Å². The van der Waals surface area contributed by atoms with Crippen LogP contribution in [0.1, 0.15) is 44.7 Å². The summed E-state index contributed by atoms with van der Waals surface area (Å²) in [5.41, 5.74) is 3.48. The van der Waals surface area contributed by atoms with Gasteiger partial charge in [0.05, 0.1) is 5.60 Å². The van der Waals surface area contributed by atoms with Crippen LogP contribution < -0.4 is 4.90 Å². The Balaban J connectivity index is 2.40. The van der Waals surface area contributed by atoms with Crippen LogP contribution in [-0.4, -0.2) is 23.8 Å². The maximum Gasteiger partial charge on any atom is 0.0632 e. The highest BCUT2D eigenvalue weighted by Gasteiger charge is 2.28. The zero-order valence-corrected chi connectivity index (χ0v) is 11.3. The summed E-state index contributed by atoms with van der Waals surface area (Å²) in [7, 11) is 0. The van der Waals surface area contributed by atoms with Gasteiger partial charge in [0.25, 0.3) is 0 Å². The summed E-state index contributed by atoms with van der Waals surface area (Å²) >= 11 is 0. The number of hydrogen-bond acceptors (Lipinski definition) is 2. The molecule has 94 valence electrons. The van der Waals surface area contributed by atoms with E-state index in [0.717, 1.165) is 19.5 Å². The molecule has 2 nitrogen and oxygen atoms in total. The second-order valence-electron chi connectivity index (χ2n) is 5.78. The molecule has 1 atom stereocenters. The monoisotopic (exact) mass is 233 g/mol. The molecule has 0 aromatic heterocycles. The van der Waals surface area contributed by atoms with Crippen molar-refractivity contribution in [2.24, 2.45) is 0 Å². The first-order chi connectivity index (χ1) is 7.92. The molecule has 1 unspecified atom stereocenters. The van der Waals surface area contributed by atoms with E-state index in [1.165, 1.54) is 16.8 Å². The van der Waals surface area contributed by atoms with E-state index in [1.54, 1.807) is 0 Å². The highest BCUT2D eigenvalue weighted by molar-refractivity contribution is 5.63. The summed E-state index contributed by atoms with van der Waals surface area (Å²) in [6.45, 7) is 10.4. The molecule has 1 heterocycles. The van der Waals surface area contributed by atoms with Crippen molar-refractivity contribution in [1.82, 2.24) is 0 Å². The van der Waals surface area contributed by atoms with Crippen molar-refractivity contribution in [3.05, 3.63) is 29.3 Å². The molecule has 17 heavy (non-hydrogen) atoms. The molecule has 1 aliphatic heterocycles.